The van der Waals surface area contributed by atoms with Crippen molar-refractivity contribution in [3.05, 3.63) is 71.9 Å². The molecular weight excluding hydrogens is 354 g/mol. The molecule has 0 atom stereocenters. The Morgan fingerprint density at radius 2 is 1.86 bits per heavy atom. The molecule has 6 nitrogen and oxygen atoms in total. The van der Waals surface area contributed by atoms with Gasteiger partial charge in [0.25, 0.3) is 5.91 Å². The highest BCUT2D eigenvalue weighted by Crippen LogP contribution is 2.33. The molecule has 1 amide bonds. The third-order valence-corrected chi connectivity index (χ3v) is 4.49. The Morgan fingerprint density at radius 3 is 2.64 bits per heavy atom. The van der Waals surface area contributed by atoms with Crippen molar-refractivity contribution in [2.45, 2.75) is 13.3 Å². The lowest BCUT2D eigenvalue weighted by Gasteiger charge is -2.19. The monoisotopic (exact) mass is 375 g/mol. The van der Waals surface area contributed by atoms with Crippen LogP contribution in [0.3, 0.4) is 0 Å². The van der Waals surface area contributed by atoms with Crippen molar-refractivity contribution in [2.75, 3.05) is 23.8 Å². The second-order valence-electron chi connectivity index (χ2n) is 6.38. The molecule has 0 saturated heterocycles. The Morgan fingerprint density at radius 1 is 1.04 bits per heavy atom. The number of pyridine rings is 1. The minimum absolute atomic E-state index is 0.181. The summed E-state index contributed by atoms with van der Waals surface area (Å²) in [7, 11) is 0. The summed E-state index contributed by atoms with van der Waals surface area (Å²) in [6.07, 6.45) is 2.41. The normalized spacial score (nSPS) is 12.3. The molecule has 6 heteroatoms. The number of benzene rings is 2. The van der Waals surface area contributed by atoms with E-state index in [-0.39, 0.29) is 5.91 Å². The number of nitrogens with one attached hydrogen (secondary N) is 2. The number of para-hydroxylation sites is 1. The summed E-state index contributed by atoms with van der Waals surface area (Å²) >= 11 is 0. The zero-order valence-corrected chi connectivity index (χ0v) is 15.6. The van der Waals surface area contributed by atoms with E-state index in [1.54, 1.807) is 18.3 Å². The van der Waals surface area contributed by atoms with E-state index in [1.165, 1.54) is 0 Å². The van der Waals surface area contributed by atoms with Gasteiger partial charge in [0, 0.05) is 23.6 Å². The number of fused-ring (bicyclic) bond motifs is 1. The van der Waals surface area contributed by atoms with Crippen molar-refractivity contribution < 1.29 is 14.3 Å². The zero-order valence-electron chi connectivity index (χ0n) is 15.6. The van der Waals surface area contributed by atoms with Crippen molar-refractivity contribution in [2.24, 2.45) is 0 Å². The van der Waals surface area contributed by atoms with Crippen LogP contribution in [0.4, 0.5) is 17.2 Å². The molecule has 2 aromatic carbocycles. The maximum absolute atomic E-state index is 12.5. The number of anilines is 3. The minimum Gasteiger partial charge on any atom is -0.486 e. The maximum atomic E-state index is 12.5. The van der Waals surface area contributed by atoms with Crippen molar-refractivity contribution in [3.63, 3.8) is 0 Å². The highest BCUT2D eigenvalue weighted by Gasteiger charge is 2.12. The van der Waals surface area contributed by atoms with Gasteiger partial charge in [0.15, 0.2) is 11.5 Å². The topological polar surface area (TPSA) is 72.5 Å². The fraction of sp³-hybridized carbons (Fsp3) is 0.182. The van der Waals surface area contributed by atoms with Crippen LogP contribution in [-0.4, -0.2) is 24.1 Å². The molecule has 2 N–H and O–H groups in total. The average Bonchev–Trinajstić information content (AvgIpc) is 2.74. The van der Waals surface area contributed by atoms with E-state index in [0.717, 1.165) is 29.1 Å². The second kappa shape index (κ2) is 8.00. The van der Waals surface area contributed by atoms with Crippen LogP contribution in [0.2, 0.25) is 0 Å². The van der Waals surface area contributed by atoms with E-state index < -0.39 is 0 Å². The zero-order chi connectivity index (χ0) is 19.3. The Hall–Kier alpha value is -3.54. The molecule has 3 aromatic rings. The van der Waals surface area contributed by atoms with Gasteiger partial charge >= 0.3 is 0 Å². The molecule has 2 heterocycles. The highest BCUT2D eigenvalue weighted by molar-refractivity contribution is 6.04. The number of ether oxygens (including phenoxy) is 2. The number of rotatable bonds is 5. The molecule has 0 unspecified atom stereocenters. The van der Waals surface area contributed by atoms with Crippen molar-refractivity contribution in [3.8, 4) is 11.5 Å². The molecule has 4 rings (SSSR count). The molecule has 28 heavy (non-hydrogen) atoms. The van der Waals surface area contributed by atoms with Crippen molar-refractivity contribution >= 4 is 23.1 Å². The number of amides is 1. The van der Waals surface area contributed by atoms with Crippen LogP contribution < -0.4 is 20.1 Å². The summed E-state index contributed by atoms with van der Waals surface area (Å²) < 4.78 is 11.1. The Labute approximate surface area is 163 Å². The predicted molar refractivity (Wildman–Crippen MR) is 109 cm³/mol. The van der Waals surface area contributed by atoms with E-state index >= 15 is 0 Å². The quantitative estimate of drug-likeness (QED) is 0.691. The van der Waals surface area contributed by atoms with Crippen molar-refractivity contribution in [1.82, 2.24) is 4.98 Å². The standard InChI is InChI=1S/C22H21N3O3/c1-2-15-5-3-4-6-18(15)25-22(26)16-7-10-21(23-14-16)24-17-8-9-19-20(13-17)28-12-11-27-19/h3-10,13-14H,2,11-12H2,1H3,(H,23,24)(H,25,26). The number of nitrogens with zero attached hydrogens (tertiary/aromatic N) is 1. The minimum atomic E-state index is -0.181. The van der Waals surface area contributed by atoms with Gasteiger partial charge in [0.2, 0.25) is 0 Å². The van der Waals surface area contributed by atoms with Gasteiger partial charge in [0.05, 0.1) is 5.56 Å². The summed E-state index contributed by atoms with van der Waals surface area (Å²) in [6, 6.07) is 17.0. The van der Waals surface area contributed by atoms with Crippen LogP contribution in [0, 0.1) is 0 Å². The van der Waals surface area contributed by atoms with Gasteiger partial charge in [-0.25, -0.2) is 4.98 Å². The number of hydrogen-bond donors (Lipinski definition) is 2. The second-order valence-corrected chi connectivity index (χ2v) is 6.38. The first-order chi connectivity index (χ1) is 13.7. The van der Waals surface area contributed by atoms with E-state index in [0.29, 0.717) is 30.3 Å². The van der Waals surface area contributed by atoms with Gasteiger partial charge in [-0.15, -0.1) is 0 Å². The van der Waals surface area contributed by atoms with Gasteiger partial charge in [-0.05, 0) is 42.3 Å². The van der Waals surface area contributed by atoms with Crippen LogP contribution >= 0.6 is 0 Å². The molecule has 0 bridgehead atoms. The van der Waals surface area contributed by atoms with E-state index in [2.05, 4.69) is 22.5 Å². The third kappa shape index (κ3) is 3.91. The summed E-state index contributed by atoms with van der Waals surface area (Å²) in [5, 5.41) is 6.16. The number of aryl methyl sites for hydroxylation is 1. The summed E-state index contributed by atoms with van der Waals surface area (Å²) in [6.45, 7) is 3.16. The molecular formula is C22H21N3O3. The Bertz CT molecular complexity index is 987. The van der Waals surface area contributed by atoms with Gasteiger partial charge in [-0.3, -0.25) is 4.79 Å². The van der Waals surface area contributed by atoms with Crippen molar-refractivity contribution in [1.29, 1.82) is 0 Å². The molecule has 0 saturated carbocycles. The third-order valence-electron chi connectivity index (χ3n) is 4.49. The van der Waals surface area contributed by atoms with Gasteiger partial charge in [0.1, 0.15) is 19.0 Å². The first kappa shape index (κ1) is 17.9. The van der Waals surface area contributed by atoms with Crippen LogP contribution in [0.1, 0.15) is 22.8 Å². The number of aromatic nitrogens is 1. The van der Waals surface area contributed by atoms with Crippen LogP contribution in [0.15, 0.2) is 60.8 Å². The number of carbonyl (C=O) groups is 1. The largest absolute Gasteiger partial charge is 0.486 e. The van der Waals surface area contributed by atoms with Gasteiger partial charge in [-0.2, -0.15) is 0 Å². The van der Waals surface area contributed by atoms with Crippen LogP contribution in [0.5, 0.6) is 11.5 Å². The highest BCUT2D eigenvalue weighted by atomic mass is 16.6. The van der Waals surface area contributed by atoms with E-state index in [4.69, 9.17) is 9.47 Å². The molecule has 0 radical (unpaired) electrons. The summed E-state index contributed by atoms with van der Waals surface area (Å²) in [4.78, 5) is 16.9. The average molecular weight is 375 g/mol. The molecule has 0 spiro atoms. The first-order valence-electron chi connectivity index (χ1n) is 9.25. The smallest absolute Gasteiger partial charge is 0.257 e. The van der Waals surface area contributed by atoms with Crippen LogP contribution in [-0.2, 0) is 6.42 Å². The molecule has 1 aromatic heterocycles. The summed E-state index contributed by atoms with van der Waals surface area (Å²) in [5.74, 6) is 1.91. The number of hydrogen-bond acceptors (Lipinski definition) is 5. The lowest BCUT2D eigenvalue weighted by atomic mass is 10.1. The van der Waals surface area contributed by atoms with Gasteiger partial charge < -0.3 is 20.1 Å². The number of carbonyl (C=O) groups excluding carboxylic acids is 1. The fourth-order valence-electron chi connectivity index (χ4n) is 3.02. The Balaban J connectivity index is 1.44. The summed E-state index contributed by atoms with van der Waals surface area (Å²) in [5.41, 5.74) is 3.26. The maximum Gasteiger partial charge on any atom is 0.257 e. The van der Waals surface area contributed by atoms with E-state index in [9.17, 15) is 4.79 Å². The van der Waals surface area contributed by atoms with E-state index in [1.807, 2.05) is 42.5 Å². The molecule has 142 valence electrons. The lowest BCUT2D eigenvalue weighted by molar-refractivity contribution is 0.102. The molecule has 0 fully saturated rings. The lowest BCUT2D eigenvalue weighted by Crippen LogP contribution is -2.15. The molecule has 1 aliphatic rings. The SMILES string of the molecule is CCc1ccccc1NC(=O)c1ccc(Nc2ccc3c(c2)OCCO3)nc1. The van der Waals surface area contributed by atoms with Crippen LogP contribution in [0.25, 0.3) is 0 Å². The fourth-order valence-corrected chi connectivity index (χ4v) is 3.02. The molecule has 0 aliphatic carbocycles. The predicted octanol–water partition coefficient (Wildman–Crippen LogP) is 4.41. The molecule has 1 aliphatic heterocycles. The first-order valence-corrected chi connectivity index (χ1v) is 9.25. The van der Waals surface area contributed by atoms with Gasteiger partial charge in [-0.1, -0.05) is 25.1 Å². The Kier molecular flexibility index (Phi) is 5.10.